The second-order valence-electron chi connectivity index (χ2n) is 9.92. The van der Waals surface area contributed by atoms with Crippen LogP contribution < -0.4 is 0 Å². The van der Waals surface area contributed by atoms with Gasteiger partial charge in [-0.3, -0.25) is 19.3 Å². The Hall–Kier alpha value is -1.81. The molecular formula is C21H26F6N2O3. The van der Waals surface area contributed by atoms with E-state index >= 15 is 0 Å². The molecule has 2 aliphatic carbocycles. The zero-order valence-electron chi connectivity index (χ0n) is 17.8. The molecule has 0 N–H and O–H groups in total. The van der Waals surface area contributed by atoms with Gasteiger partial charge in [0.15, 0.2) is 5.41 Å². The van der Waals surface area contributed by atoms with E-state index in [2.05, 4.69) is 0 Å². The van der Waals surface area contributed by atoms with Gasteiger partial charge in [-0.15, -0.1) is 0 Å². The smallest absolute Gasteiger partial charge is 0.345 e. The summed E-state index contributed by atoms with van der Waals surface area (Å²) in [5.41, 5.74) is -3.97. The molecule has 5 nitrogen and oxygen atoms in total. The predicted molar refractivity (Wildman–Crippen MR) is 98.6 cm³/mol. The molecule has 11 heteroatoms. The molecule has 0 spiro atoms. The van der Waals surface area contributed by atoms with Crippen molar-refractivity contribution in [2.75, 3.05) is 20.6 Å². The minimum Gasteiger partial charge on any atom is -0.345 e. The van der Waals surface area contributed by atoms with Crippen LogP contribution in [0.25, 0.3) is 0 Å². The highest BCUT2D eigenvalue weighted by Crippen LogP contribution is 2.66. The average Bonchev–Trinajstić information content (AvgIpc) is 3.08. The normalized spacial score (nSPS) is 36.6. The largest absolute Gasteiger partial charge is 0.403 e. The van der Waals surface area contributed by atoms with Gasteiger partial charge in [0.1, 0.15) is 0 Å². The first kappa shape index (κ1) is 23.4. The summed E-state index contributed by atoms with van der Waals surface area (Å²) in [7, 11) is 2.73. The Labute approximate surface area is 181 Å². The lowest BCUT2D eigenvalue weighted by atomic mass is 9.54. The molecule has 0 aromatic rings. The van der Waals surface area contributed by atoms with E-state index in [4.69, 9.17) is 0 Å². The van der Waals surface area contributed by atoms with E-state index in [1.54, 1.807) is 0 Å². The third-order valence-electron chi connectivity index (χ3n) is 8.56. The molecule has 32 heavy (non-hydrogen) atoms. The standard InChI is InChI=1S/C21H26F6N2O3/c1-28-9-10-7-11(3-5-13(10)16(28)30)19(20(22,23)24,21(25,26)27)12-4-6-14-15(8-12)18(32)29(2)17(14)31/h10-15H,3-9H2,1-2H3. The maximum atomic E-state index is 14.6. The summed E-state index contributed by atoms with van der Waals surface area (Å²) in [6.45, 7) is 0.152. The molecule has 6 atom stereocenters. The number of imide groups is 1. The van der Waals surface area contributed by atoms with E-state index in [-0.39, 0.29) is 38.1 Å². The summed E-state index contributed by atoms with van der Waals surface area (Å²) in [4.78, 5) is 39.1. The van der Waals surface area contributed by atoms with Crippen LogP contribution in [0.5, 0.6) is 0 Å². The highest BCUT2D eigenvalue weighted by atomic mass is 19.4. The third kappa shape index (κ3) is 3.09. The van der Waals surface area contributed by atoms with Crippen LogP contribution in [-0.4, -0.2) is 60.5 Å². The molecule has 4 fully saturated rings. The van der Waals surface area contributed by atoms with E-state index in [1.165, 1.54) is 19.0 Å². The Morgan fingerprint density at radius 3 is 1.75 bits per heavy atom. The third-order valence-corrected chi connectivity index (χ3v) is 8.56. The first-order chi connectivity index (χ1) is 14.7. The van der Waals surface area contributed by atoms with Crippen LogP contribution in [0.2, 0.25) is 0 Å². The Bertz CT molecular complexity index is 811. The number of nitrogens with zero attached hydrogens (tertiary/aromatic N) is 2. The van der Waals surface area contributed by atoms with Gasteiger partial charge in [0, 0.05) is 26.6 Å². The van der Waals surface area contributed by atoms with Crippen LogP contribution in [-0.2, 0) is 14.4 Å². The molecule has 0 aromatic carbocycles. The van der Waals surface area contributed by atoms with Crippen molar-refractivity contribution < 1.29 is 40.7 Å². The van der Waals surface area contributed by atoms with Gasteiger partial charge in [-0.2, -0.15) is 26.3 Å². The number of likely N-dealkylation sites (tertiary alicyclic amines) is 2. The summed E-state index contributed by atoms with van der Waals surface area (Å²) in [5, 5.41) is 0. The number of fused-ring (bicyclic) bond motifs is 2. The fourth-order valence-electron chi connectivity index (χ4n) is 7.11. The highest BCUT2D eigenvalue weighted by molar-refractivity contribution is 6.04. The lowest BCUT2D eigenvalue weighted by molar-refractivity contribution is -0.383. The van der Waals surface area contributed by atoms with Gasteiger partial charge in [0.2, 0.25) is 17.7 Å². The van der Waals surface area contributed by atoms with Gasteiger partial charge < -0.3 is 4.90 Å². The zero-order valence-corrected chi connectivity index (χ0v) is 17.8. The number of alkyl halides is 6. The van der Waals surface area contributed by atoms with Crippen LogP contribution in [0.1, 0.15) is 38.5 Å². The fraction of sp³-hybridized carbons (Fsp3) is 0.857. The molecule has 6 unspecified atom stereocenters. The van der Waals surface area contributed by atoms with Crippen LogP contribution in [0.15, 0.2) is 0 Å². The second kappa shape index (κ2) is 7.35. The van der Waals surface area contributed by atoms with Crippen LogP contribution in [0.4, 0.5) is 26.3 Å². The molecule has 0 bridgehead atoms. The fourth-order valence-corrected chi connectivity index (χ4v) is 7.11. The second-order valence-corrected chi connectivity index (χ2v) is 9.92. The Balaban J connectivity index is 1.73. The maximum absolute atomic E-state index is 14.6. The van der Waals surface area contributed by atoms with Gasteiger partial charge in [-0.05, 0) is 56.3 Å². The maximum Gasteiger partial charge on any atom is 0.403 e. The van der Waals surface area contributed by atoms with E-state index < -0.39 is 77.9 Å². The van der Waals surface area contributed by atoms with Gasteiger partial charge >= 0.3 is 12.4 Å². The Kier molecular flexibility index (Phi) is 5.36. The lowest BCUT2D eigenvalue weighted by Crippen LogP contribution is -2.61. The van der Waals surface area contributed by atoms with E-state index in [9.17, 15) is 40.7 Å². The molecule has 2 saturated carbocycles. The zero-order chi connectivity index (χ0) is 23.8. The van der Waals surface area contributed by atoms with Gasteiger partial charge in [0.05, 0.1) is 11.8 Å². The monoisotopic (exact) mass is 468 g/mol. The van der Waals surface area contributed by atoms with Crippen molar-refractivity contribution in [2.45, 2.75) is 50.9 Å². The van der Waals surface area contributed by atoms with E-state index in [0.717, 1.165) is 4.90 Å². The van der Waals surface area contributed by atoms with Crippen LogP contribution >= 0.6 is 0 Å². The van der Waals surface area contributed by atoms with Crippen molar-refractivity contribution in [1.29, 1.82) is 0 Å². The molecule has 2 heterocycles. The molecule has 2 saturated heterocycles. The van der Waals surface area contributed by atoms with E-state index in [0.29, 0.717) is 0 Å². The number of halogens is 6. The van der Waals surface area contributed by atoms with E-state index in [1.807, 2.05) is 0 Å². The first-order valence-corrected chi connectivity index (χ1v) is 10.9. The predicted octanol–water partition coefficient (Wildman–Crippen LogP) is 3.63. The Morgan fingerprint density at radius 1 is 0.688 bits per heavy atom. The quantitative estimate of drug-likeness (QED) is 0.460. The minimum atomic E-state index is -5.58. The van der Waals surface area contributed by atoms with Crippen molar-refractivity contribution in [3.05, 3.63) is 0 Å². The van der Waals surface area contributed by atoms with Crippen molar-refractivity contribution in [2.24, 2.45) is 40.9 Å². The molecule has 180 valence electrons. The number of amides is 3. The van der Waals surface area contributed by atoms with Crippen molar-refractivity contribution in [1.82, 2.24) is 9.80 Å². The Morgan fingerprint density at radius 2 is 1.19 bits per heavy atom. The minimum absolute atomic E-state index is 0.00859. The molecule has 4 aliphatic rings. The van der Waals surface area contributed by atoms with Gasteiger partial charge in [0.25, 0.3) is 0 Å². The number of hydrogen-bond acceptors (Lipinski definition) is 3. The first-order valence-electron chi connectivity index (χ1n) is 10.9. The average molecular weight is 468 g/mol. The summed E-state index contributed by atoms with van der Waals surface area (Å²) < 4.78 is 87.4. The summed E-state index contributed by atoms with van der Waals surface area (Å²) in [6.07, 6.45) is -13.0. The number of carbonyl (C=O) groups excluding carboxylic acids is 3. The summed E-state index contributed by atoms with van der Waals surface area (Å²) in [6, 6.07) is 0. The topological polar surface area (TPSA) is 57.7 Å². The molecule has 3 amide bonds. The van der Waals surface area contributed by atoms with Gasteiger partial charge in [-0.25, -0.2) is 0 Å². The number of hydrogen-bond donors (Lipinski definition) is 0. The molecule has 4 rings (SSSR count). The molecule has 2 aliphatic heterocycles. The highest BCUT2D eigenvalue weighted by Gasteiger charge is 2.77. The van der Waals surface area contributed by atoms with Crippen LogP contribution in [0, 0.1) is 40.9 Å². The number of rotatable bonds is 2. The molecule has 0 aromatic heterocycles. The summed E-state index contributed by atoms with van der Waals surface area (Å²) >= 11 is 0. The summed E-state index contributed by atoms with van der Waals surface area (Å²) in [5.74, 6) is -8.10. The van der Waals surface area contributed by atoms with Crippen molar-refractivity contribution in [3.8, 4) is 0 Å². The lowest BCUT2D eigenvalue weighted by Gasteiger charge is -2.52. The van der Waals surface area contributed by atoms with Crippen LogP contribution in [0.3, 0.4) is 0 Å². The van der Waals surface area contributed by atoms with Gasteiger partial charge in [-0.1, -0.05) is 0 Å². The van der Waals surface area contributed by atoms with Crippen molar-refractivity contribution in [3.63, 3.8) is 0 Å². The number of carbonyl (C=O) groups is 3. The van der Waals surface area contributed by atoms with Crippen molar-refractivity contribution >= 4 is 17.7 Å². The molecular weight excluding hydrogens is 442 g/mol. The molecule has 0 radical (unpaired) electrons. The SMILES string of the molecule is CN1CC2CC(C(C3CCC4C(=O)N(C)C(=O)C4C3)(C(F)(F)F)C(F)(F)F)CCC2C1=O.